The summed E-state index contributed by atoms with van der Waals surface area (Å²) in [5.74, 6) is -0.573. The highest BCUT2D eigenvalue weighted by Crippen LogP contribution is 2.52. The van der Waals surface area contributed by atoms with Crippen LogP contribution in [0.2, 0.25) is 5.02 Å². The van der Waals surface area contributed by atoms with Gasteiger partial charge in [-0.1, -0.05) is 36.6 Å². The second-order valence-corrected chi connectivity index (χ2v) is 13.7. The lowest BCUT2D eigenvalue weighted by atomic mass is 9.60. The first kappa shape index (κ1) is 30.7. The second kappa shape index (κ2) is 11.7. The number of nitrogens with zero attached hydrogens (tertiary/aromatic N) is 4. The van der Waals surface area contributed by atoms with Gasteiger partial charge in [0, 0.05) is 19.2 Å². The minimum Gasteiger partial charge on any atom is -0.495 e. The van der Waals surface area contributed by atoms with Crippen LogP contribution in [0, 0.1) is 11.2 Å². The molecule has 3 aromatic rings. The summed E-state index contributed by atoms with van der Waals surface area (Å²) in [6, 6.07) is 8.18. The predicted octanol–water partition coefficient (Wildman–Crippen LogP) is 6.27. The molecule has 2 aromatic carbocycles. The van der Waals surface area contributed by atoms with Gasteiger partial charge in [-0.25, -0.2) is 9.37 Å². The fourth-order valence-corrected chi connectivity index (χ4v) is 8.02. The zero-order chi connectivity index (χ0) is 32.2. The van der Waals surface area contributed by atoms with Gasteiger partial charge in [-0.15, -0.1) is 0 Å². The lowest BCUT2D eigenvalue weighted by Crippen LogP contribution is -2.54. The van der Waals surface area contributed by atoms with Crippen LogP contribution in [0.15, 0.2) is 36.5 Å². The van der Waals surface area contributed by atoms with Gasteiger partial charge < -0.3 is 29.9 Å². The number of rotatable bonds is 7. The van der Waals surface area contributed by atoms with Gasteiger partial charge in [-0.2, -0.15) is 4.98 Å². The molecule has 0 unspecified atom stereocenters. The van der Waals surface area contributed by atoms with E-state index in [0.717, 1.165) is 70.0 Å². The molecule has 0 radical (unpaired) electrons. The number of benzene rings is 2. The quantitative estimate of drug-likeness (QED) is 0.309. The van der Waals surface area contributed by atoms with Crippen molar-refractivity contribution in [1.82, 2.24) is 25.1 Å². The molecule has 3 heterocycles. The fourth-order valence-electron chi connectivity index (χ4n) is 7.89. The minimum atomic E-state index is -0.706. The molecule has 2 aliphatic heterocycles. The molecule has 2 spiro atoms. The van der Waals surface area contributed by atoms with Crippen molar-refractivity contribution in [3.63, 3.8) is 0 Å². The molecule has 242 valence electrons. The molecule has 3 fully saturated rings. The van der Waals surface area contributed by atoms with Gasteiger partial charge in [0.05, 0.1) is 35.7 Å². The summed E-state index contributed by atoms with van der Waals surface area (Å²) in [6.45, 7) is 2.13. The van der Waals surface area contributed by atoms with Crippen LogP contribution in [0.25, 0.3) is 0 Å². The van der Waals surface area contributed by atoms with Crippen molar-refractivity contribution in [2.45, 2.75) is 62.9 Å². The number of nitrogens with one attached hydrogen (secondary N) is 2. The lowest BCUT2D eigenvalue weighted by Gasteiger charge is -2.52. The number of likely N-dealkylation sites (tertiary alicyclic amines) is 1. The summed E-state index contributed by atoms with van der Waals surface area (Å²) in [6.07, 6.45) is 9.39. The maximum atomic E-state index is 15.4. The minimum absolute atomic E-state index is 0.0326. The highest BCUT2D eigenvalue weighted by Gasteiger charge is 2.50. The fraction of sp³-hybridized carbons (Fsp3) is 0.471. The number of carbonyl (C=O) groups is 2. The Labute approximate surface area is 272 Å². The van der Waals surface area contributed by atoms with Crippen molar-refractivity contribution in [2.75, 3.05) is 39.6 Å². The Bertz CT molecular complexity index is 1700. The number of halogens is 2. The highest BCUT2D eigenvalue weighted by atomic mass is 35.5. The number of anilines is 2. The zero-order valence-electron chi connectivity index (χ0n) is 26.3. The molecule has 2 N–H and O–H groups in total. The SMILES string of the molecule is COc1cc(C(=O)NC2CC3(CCN(C)CC3)C2)c(F)cc1Nc1ncc(Cl)c(Oc2cccc3c2C(=O)N(C)C32CCCC2)n1. The summed E-state index contributed by atoms with van der Waals surface area (Å²) in [7, 11) is 5.42. The number of fused-ring (bicyclic) bond motifs is 2. The van der Waals surface area contributed by atoms with Gasteiger partial charge in [0.15, 0.2) is 0 Å². The molecule has 0 bridgehead atoms. The number of amides is 2. The van der Waals surface area contributed by atoms with Gasteiger partial charge in [-0.05, 0) is 81.8 Å². The molecule has 4 aliphatic rings. The van der Waals surface area contributed by atoms with E-state index in [1.54, 1.807) is 6.07 Å². The van der Waals surface area contributed by atoms with E-state index < -0.39 is 11.7 Å². The van der Waals surface area contributed by atoms with Crippen molar-refractivity contribution in [3.05, 3.63) is 64.1 Å². The average molecular weight is 649 g/mol. The second-order valence-electron chi connectivity index (χ2n) is 13.3. The topological polar surface area (TPSA) is 109 Å². The largest absolute Gasteiger partial charge is 0.495 e. The molecular weight excluding hydrogens is 611 g/mol. The number of methoxy groups -OCH3 is 1. The monoisotopic (exact) mass is 648 g/mol. The standard InChI is InChI=1S/C34H38ClFN6O4/c1-41-13-11-33(12-14-41)17-20(18-33)38-29(43)21-15-27(45-3)25(16-24(21)36)39-32-37-19-23(35)30(40-32)46-26-8-6-7-22-28(26)31(44)42(2)34(22)9-4-5-10-34/h6-8,15-16,19-20H,4-5,9-14,17-18H2,1-3H3,(H,38,43)(H,37,39,40). The number of carbonyl (C=O) groups excluding carboxylic acids is 2. The number of hydrogen-bond donors (Lipinski definition) is 2. The van der Waals surface area contributed by atoms with Crippen molar-refractivity contribution in [1.29, 1.82) is 0 Å². The number of piperidine rings is 1. The van der Waals surface area contributed by atoms with Gasteiger partial charge in [0.25, 0.3) is 11.8 Å². The first-order valence-electron chi connectivity index (χ1n) is 15.9. The van der Waals surface area contributed by atoms with Crippen LogP contribution in [0.1, 0.15) is 77.6 Å². The molecular formula is C34H38ClFN6O4. The highest BCUT2D eigenvalue weighted by molar-refractivity contribution is 6.31. The molecule has 0 atom stereocenters. The van der Waals surface area contributed by atoms with Crippen molar-refractivity contribution in [2.24, 2.45) is 5.41 Å². The van der Waals surface area contributed by atoms with Gasteiger partial charge >= 0.3 is 0 Å². The van der Waals surface area contributed by atoms with E-state index in [0.29, 0.717) is 16.7 Å². The van der Waals surface area contributed by atoms with Crippen LogP contribution in [-0.4, -0.2) is 71.9 Å². The van der Waals surface area contributed by atoms with Gasteiger partial charge in [0.1, 0.15) is 22.3 Å². The Balaban J connectivity index is 1.08. The summed E-state index contributed by atoms with van der Waals surface area (Å²) in [4.78, 5) is 39.3. The summed E-state index contributed by atoms with van der Waals surface area (Å²) < 4.78 is 27.0. The first-order valence-corrected chi connectivity index (χ1v) is 16.3. The van der Waals surface area contributed by atoms with E-state index in [2.05, 4.69) is 32.5 Å². The molecule has 46 heavy (non-hydrogen) atoms. The normalized spacial score (nSPS) is 20.1. The Kier molecular flexibility index (Phi) is 7.79. The Morgan fingerprint density at radius 3 is 2.54 bits per heavy atom. The third kappa shape index (κ3) is 5.23. The number of aromatic nitrogens is 2. The van der Waals surface area contributed by atoms with Crippen LogP contribution < -0.4 is 20.1 Å². The summed E-state index contributed by atoms with van der Waals surface area (Å²) in [5.41, 5.74) is 1.57. The maximum Gasteiger partial charge on any atom is 0.258 e. The van der Waals surface area contributed by atoms with E-state index in [9.17, 15) is 9.59 Å². The smallest absolute Gasteiger partial charge is 0.258 e. The average Bonchev–Trinajstić information content (AvgIpc) is 3.60. The molecule has 2 amide bonds. The van der Waals surface area contributed by atoms with Crippen molar-refractivity contribution in [3.8, 4) is 17.4 Å². The van der Waals surface area contributed by atoms with E-state index in [-0.39, 0.29) is 51.3 Å². The van der Waals surface area contributed by atoms with E-state index >= 15 is 4.39 Å². The van der Waals surface area contributed by atoms with Crippen LogP contribution in [0.4, 0.5) is 16.0 Å². The molecule has 2 saturated carbocycles. The van der Waals surface area contributed by atoms with E-state index in [1.807, 2.05) is 24.1 Å². The van der Waals surface area contributed by atoms with Crippen LogP contribution in [0.3, 0.4) is 0 Å². The number of ether oxygens (including phenoxy) is 2. The Morgan fingerprint density at radius 2 is 1.83 bits per heavy atom. The van der Waals surface area contributed by atoms with Gasteiger partial charge in [-0.3, -0.25) is 9.59 Å². The first-order chi connectivity index (χ1) is 22.1. The van der Waals surface area contributed by atoms with Crippen LogP contribution >= 0.6 is 11.6 Å². The van der Waals surface area contributed by atoms with Gasteiger partial charge in [0.2, 0.25) is 11.8 Å². The molecule has 12 heteroatoms. The third-order valence-corrected chi connectivity index (χ3v) is 10.8. The number of hydrogen-bond acceptors (Lipinski definition) is 8. The summed E-state index contributed by atoms with van der Waals surface area (Å²) >= 11 is 6.43. The Morgan fingerprint density at radius 1 is 1.09 bits per heavy atom. The van der Waals surface area contributed by atoms with E-state index in [1.165, 1.54) is 25.4 Å². The van der Waals surface area contributed by atoms with Crippen LogP contribution in [0.5, 0.6) is 17.4 Å². The molecule has 10 nitrogen and oxygen atoms in total. The molecule has 1 saturated heterocycles. The predicted molar refractivity (Wildman–Crippen MR) is 172 cm³/mol. The van der Waals surface area contributed by atoms with E-state index in [4.69, 9.17) is 21.1 Å². The maximum absolute atomic E-state index is 15.4. The summed E-state index contributed by atoms with van der Waals surface area (Å²) in [5, 5.41) is 6.10. The molecule has 7 rings (SSSR count). The van der Waals surface area contributed by atoms with Crippen LogP contribution in [-0.2, 0) is 5.54 Å². The van der Waals surface area contributed by atoms with Crippen molar-refractivity contribution >= 4 is 35.1 Å². The Hall–Kier alpha value is -3.96. The lowest BCUT2D eigenvalue weighted by molar-refractivity contribution is 0.0138. The van der Waals surface area contributed by atoms with Crippen molar-refractivity contribution < 1.29 is 23.5 Å². The third-order valence-electron chi connectivity index (χ3n) is 10.6. The zero-order valence-corrected chi connectivity index (χ0v) is 27.0. The molecule has 1 aromatic heterocycles. The molecule has 2 aliphatic carbocycles.